The Kier molecular flexibility index (Phi) is 4.18. The van der Waals surface area contributed by atoms with Gasteiger partial charge in [0.25, 0.3) is 5.91 Å². The van der Waals surface area contributed by atoms with Crippen LogP contribution in [0.15, 0.2) is 42.5 Å². The number of aromatic amines is 1. The zero-order chi connectivity index (χ0) is 19.1. The average molecular weight is 365 g/mol. The fourth-order valence-electron chi connectivity index (χ4n) is 3.68. The molecule has 0 spiro atoms. The van der Waals surface area contributed by atoms with Gasteiger partial charge in [0.05, 0.1) is 11.1 Å². The number of benzene rings is 2. The van der Waals surface area contributed by atoms with E-state index < -0.39 is 6.04 Å². The molecule has 4 rings (SSSR count). The van der Waals surface area contributed by atoms with E-state index in [-0.39, 0.29) is 17.6 Å². The molecule has 1 atom stereocenters. The summed E-state index contributed by atoms with van der Waals surface area (Å²) in [7, 11) is 0. The molecule has 0 saturated carbocycles. The molecule has 5 nitrogen and oxygen atoms in total. The number of fused-ring (bicyclic) bond motifs is 1. The number of piperazine rings is 1. The maximum absolute atomic E-state index is 13.4. The minimum absolute atomic E-state index is 0.217. The highest BCUT2D eigenvalue weighted by molar-refractivity contribution is 6.08. The standard InChI is InChI=1S/C21H20FN3O2/c1-12-13(2)24-18-16(12)4-3-5-17(18)21(27)25-11-10-23-20(26)19(25)14-6-8-15(22)9-7-14/h3-9,19,24H,10-11H2,1-2H3,(H,23,26)/t19-/m0/s1. The van der Waals surface area contributed by atoms with Gasteiger partial charge in [0.2, 0.25) is 5.91 Å². The zero-order valence-corrected chi connectivity index (χ0v) is 15.2. The lowest BCUT2D eigenvalue weighted by Gasteiger charge is -2.35. The molecular weight excluding hydrogens is 345 g/mol. The van der Waals surface area contributed by atoms with Gasteiger partial charge in [-0.05, 0) is 43.2 Å². The van der Waals surface area contributed by atoms with Crippen LogP contribution < -0.4 is 5.32 Å². The van der Waals surface area contributed by atoms with E-state index in [2.05, 4.69) is 10.3 Å². The lowest BCUT2D eigenvalue weighted by atomic mass is 10.00. The van der Waals surface area contributed by atoms with Crippen LogP contribution in [0.25, 0.3) is 10.9 Å². The number of nitrogens with one attached hydrogen (secondary N) is 2. The van der Waals surface area contributed by atoms with Gasteiger partial charge >= 0.3 is 0 Å². The number of aryl methyl sites for hydroxylation is 2. The van der Waals surface area contributed by atoms with E-state index >= 15 is 0 Å². The highest BCUT2D eigenvalue weighted by atomic mass is 19.1. The van der Waals surface area contributed by atoms with Gasteiger partial charge < -0.3 is 15.2 Å². The van der Waals surface area contributed by atoms with Crippen molar-refractivity contribution in [2.45, 2.75) is 19.9 Å². The van der Waals surface area contributed by atoms with Crippen molar-refractivity contribution < 1.29 is 14.0 Å². The van der Waals surface area contributed by atoms with E-state index in [1.807, 2.05) is 26.0 Å². The third kappa shape index (κ3) is 2.87. The van der Waals surface area contributed by atoms with Gasteiger partial charge in [-0.2, -0.15) is 0 Å². The first-order valence-electron chi connectivity index (χ1n) is 8.89. The van der Waals surface area contributed by atoms with Crippen molar-refractivity contribution >= 4 is 22.7 Å². The first-order valence-corrected chi connectivity index (χ1v) is 8.89. The minimum Gasteiger partial charge on any atom is -0.358 e. The summed E-state index contributed by atoms with van der Waals surface area (Å²) in [6.45, 7) is 4.76. The number of carbonyl (C=O) groups excluding carboxylic acids is 2. The SMILES string of the molecule is Cc1[nH]c2c(C(=O)N3CCNC(=O)[C@@H]3c3ccc(F)cc3)cccc2c1C. The number of carbonyl (C=O) groups is 2. The topological polar surface area (TPSA) is 65.2 Å². The Morgan fingerprint density at radius 1 is 1.15 bits per heavy atom. The number of nitrogens with zero attached hydrogens (tertiary/aromatic N) is 1. The lowest BCUT2D eigenvalue weighted by molar-refractivity contribution is -0.128. The Morgan fingerprint density at radius 2 is 1.89 bits per heavy atom. The molecule has 1 aliphatic rings. The van der Waals surface area contributed by atoms with E-state index in [0.717, 1.165) is 22.2 Å². The first kappa shape index (κ1) is 17.3. The highest BCUT2D eigenvalue weighted by Gasteiger charge is 2.35. The molecule has 2 heterocycles. The second-order valence-electron chi connectivity index (χ2n) is 6.85. The number of aromatic nitrogens is 1. The summed E-state index contributed by atoms with van der Waals surface area (Å²) in [6.07, 6.45) is 0. The quantitative estimate of drug-likeness (QED) is 0.732. The number of rotatable bonds is 2. The van der Waals surface area contributed by atoms with Gasteiger partial charge in [0.1, 0.15) is 11.9 Å². The molecule has 2 amide bonds. The normalized spacial score (nSPS) is 17.2. The molecule has 1 aliphatic heterocycles. The van der Waals surface area contributed by atoms with E-state index in [1.165, 1.54) is 12.1 Å². The van der Waals surface area contributed by atoms with E-state index in [4.69, 9.17) is 0 Å². The molecule has 3 aromatic rings. The maximum atomic E-state index is 13.4. The van der Waals surface area contributed by atoms with Crippen molar-refractivity contribution in [3.05, 3.63) is 70.7 Å². The fourth-order valence-corrected chi connectivity index (χ4v) is 3.68. The van der Waals surface area contributed by atoms with Gasteiger partial charge in [-0.1, -0.05) is 24.3 Å². The van der Waals surface area contributed by atoms with Gasteiger partial charge in [0.15, 0.2) is 0 Å². The Balaban J connectivity index is 1.78. The Hall–Kier alpha value is -3.15. The summed E-state index contributed by atoms with van der Waals surface area (Å²) in [5, 5.41) is 3.80. The smallest absolute Gasteiger partial charge is 0.257 e. The van der Waals surface area contributed by atoms with Gasteiger partial charge in [0, 0.05) is 24.2 Å². The highest BCUT2D eigenvalue weighted by Crippen LogP contribution is 2.29. The van der Waals surface area contributed by atoms with Crippen LogP contribution in [-0.2, 0) is 4.79 Å². The third-order valence-electron chi connectivity index (χ3n) is 5.23. The van der Waals surface area contributed by atoms with Crippen molar-refractivity contribution in [3.8, 4) is 0 Å². The summed E-state index contributed by atoms with van der Waals surface area (Å²) < 4.78 is 13.3. The number of halogens is 1. The van der Waals surface area contributed by atoms with Gasteiger partial charge in [-0.25, -0.2) is 4.39 Å². The summed E-state index contributed by atoms with van der Waals surface area (Å²) >= 11 is 0. The molecule has 2 aromatic carbocycles. The summed E-state index contributed by atoms with van der Waals surface area (Å²) in [5.41, 5.74) is 4.02. The Morgan fingerprint density at radius 3 is 2.63 bits per heavy atom. The number of H-pyrrole nitrogens is 1. The molecule has 0 unspecified atom stereocenters. The molecule has 0 bridgehead atoms. The van der Waals surface area contributed by atoms with Crippen molar-refractivity contribution in [2.24, 2.45) is 0 Å². The van der Waals surface area contributed by atoms with Crippen molar-refractivity contribution in [3.63, 3.8) is 0 Å². The van der Waals surface area contributed by atoms with E-state index in [1.54, 1.807) is 23.1 Å². The first-order chi connectivity index (χ1) is 13.0. The van der Waals surface area contributed by atoms with Crippen LogP contribution in [0.5, 0.6) is 0 Å². The van der Waals surface area contributed by atoms with Crippen LogP contribution >= 0.6 is 0 Å². The predicted octanol–water partition coefficient (Wildman–Crippen LogP) is 3.24. The van der Waals surface area contributed by atoms with Crippen molar-refractivity contribution in [1.29, 1.82) is 0 Å². The molecule has 0 aliphatic carbocycles. The molecule has 0 radical (unpaired) electrons. The molecular formula is C21H20FN3O2. The Bertz CT molecular complexity index is 1040. The third-order valence-corrected chi connectivity index (χ3v) is 5.23. The lowest BCUT2D eigenvalue weighted by Crippen LogP contribution is -2.52. The van der Waals surface area contributed by atoms with Crippen molar-refractivity contribution in [2.75, 3.05) is 13.1 Å². The molecule has 27 heavy (non-hydrogen) atoms. The molecule has 6 heteroatoms. The van der Waals surface area contributed by atoms with Gasteiger partial charge in [-0.3, -0.25) is 9.59 Å². The maximum Gasteiger partial charge on any atom is 0.257 e. The van der Waals surface area contributed by atoms with Crippen molar-refractivity contribution in [1.82, 2.24) is 15.2 Å². The largest absolute Gasteiger partial charge is 0.358 e. The van der Waals surface area contributed by atoms with Crippen LogP contribution in [0.3, 0.4) is 0 Å². The predicted molar refractivity (Wildman–Crippen MR) is 101 cm³/mol. The summed E-state index contributed by atoms with van der Waals surface area (Å²) in [4.78, 5) is 30.8. The number of hydrogen-bond donors (Lipinski definition) is 2. The molecule has 1 fully saturated rings. The summed E-state index contributed by atoms with van der Waals surface area (Å²) in [6, 6.07) is 10.5. The summed E-state index contributed by atoms with van der Waals surface area (Å²) in [5.74, 6) is -0.854. The second-order valence-corrected chi connectivity index (χ2v) is 6.85. The molecule has 138 valence electrons. The number of amides is 2. The van der Waals surface area contributed by atoms with Crippen LogP contribution in [0.2, 0.25) is 0 Å². The second kappa shape index (κ2) is 6.54. The number of hydrogen-bond acceptors (Lipinski definition) is 2. The van der Waals surface area contributed by atoms with Gasteiger partial charge in [-0.15, -0.1) is 0 Å². The van der Waals surface area contributed by atoms with Crippen LogP contribution in [0, 0.1) is 19.7 Å². The monoisotopic (exact) mass is 365 g/mol. The Labute approximate surface area is 156 Å². The molecule has 1 saturated heterocycles. The fraction of sp³-hybridized carbons (Fsp3) is 0.238. The zero-order valence-electron chi connectivity index (χ0n) is 15.2. The average Bonchev–Trinajstić information content (AvgIpc) is 2.96. The molecule has 2 N–H and O–H groups in total. The number of para-hydroxylation sites is 1. The molecule has 1 aromatic heterocycles. The minimum atomic E-state index is -0.778. The van der Waals surface area contributed by atoms with Crippen LogP contribution in [-0.4, -0.2) is 34.8 Å². The van der Waals surface area contributed by atoms with E-state index in [0.29, 0.717) is 24.2 Å². The van der Waals surface area contributed by atoms with Crippen LogP contribution in [0.4, 0.5) is 4.39 Å². The van der Waals surface area contributed by atoms with E-state index in [9.17, 15) is 14.0 Å². The van der Waals surface area contributed by atoms with Crippen LogP contribution in [0.1, 0.15) is 33.2 Å².